The van der Waals surface area contributed by atoms with E-state index in [0.717, 1.165) is 4.90 Å². The number of likely N-dealkylation sites (N-methyl/N-ethyl adjacent to an activating group) is 1. The minimum atomic E-state index is -4.46. The maximum absolute atomic E-state index is 14.1. The molecule has 7 amide bonds. The van der Waals surface area contributed by atoms with Crippen LogP contribution < -0.4 is 48.8 Å². The average molecular weight is 1010 g/mol. The summed E-state index contributed by atoms with van der Waals surface area (Å²) < 4.78 is 32.6. The Morgan fingerprint density at radius 3 is 2.35 bits per heavy atom. The van der Waals surface area contributed by atoms with Gasteiger partial charge in [0, 0.05) is 56.1 Å². The van der Waals surface area contributed by atoms with Crippen LogP contribution in [0, 0.1) is 5.92 Å². The Morgan fingerprint density at radius 1 is 0.944 bits per heavy atom. The number of amides is 7. The molecule has 1 aliphatic rings. The number of unbranched alkanes of at least 4 members (excludes halogenated alkanes) is 2. The minimum Gasteiger partial charge on any atom is -0.481 e. The highest BCUT2D eigenvalue weighted by molar-refractivity contribution is 7.86. The maximum Gasteiger partial charge on any atom is 0.305 e. The number of carbonyl (C=O) groups excluding carboxylic acids is 7. The summed E-state index contributed by atoms with van der Waals surface area (Å²) in [5.74, 6) is -6.53. The third-order valence-corrected chi connectivity index (χ3v) is 11.6. The predicted octanol–water partition coefficient (Wildman–Crippen LogP) is 0.0437. The molecule has 1 aliphatic heterocycles. The first-order chi connectivity index (χ1) is 33.6. The number of hydrogen-bond acceptors (Lipinski definition) is 14. The number of nitrogens with one attached hydrogen (secondary N) is 7. The zero-order valence-corrected chi connectivity index (χ0v) is 40.1. The van der Waals surface area contributed by atoms with E-state index < -0.39 is 94.4 Å². The number of rotatable bonds is 19. The van der Waals surface area contributed by atoms with E-state index in [0.29, 0.717) is 24.8 Å². The normalized spacial score (nSPS) is 17.2. The van der Waals surface area contributed by atoms with Crippen LogP contribution in [-0.2, 0) is 45.4 Å². The van der Waals surface area contributed by atoms with E-state index in [4.69, 9.17) is 11.5 Å². The topological polar surface area (TPSA) is 388 Å². The largest absolute Gasteiger partial charge is 0.481 e. The van der Waals surface area contributed by atoms with E-state index in [1.807, 2.05) is 0 Å². The number of fused-ring (bicyclic) bond motifs is 2. The van der Waals surface area contributed by atoms with Crippen LogP contribution in [0.25, 0.3) is 0 Å². The molecular weight excluding hydrogens is 947 g/mol. The Labute approximate surface area is 409 Å². The van der Waals surface area contributed by atoms with Gasteiger partial charge in [0.2, 0.25) is 29.5 Å². The first-order valence-corrected chi connectivity index (χ1v) is 23.8. The summed E-state index contributed by atoms with van der Waals surface area (Å²) >= 11 is 0. The van der Waals surface area contributed by atoms with Crippen molar-refractivity contribution < 1.29 is 56.4 Å². The average Bonchev–Trinajstić information content (AvgIpc) is 3.31. The van der Waals surface area contributed by atoms with Gasteiger partial charge in [0.1, 0.15) is 28.8 Å². The van der Waals surface area contributed by atoms with Gasteiger partial charge in [-0.2, -0.15) is 13.5 Å². The smallest absolute Gasteiger partial charge is 0.305 e. The fraction of sp³-hybridized carbons (Fsp3) is 0.400. The molecule has 4 rings (SSSR count). The molecule has 13 N–H and O–H groups in total. The van der Waals surface area contributed by atoms with E-state index >= 15 is 0 Å². The lowest BCUT2D eigenvalue weighted by Crippen LogP contribution is -2.57. The molecule has 0 aliphatic carbocycles. The van der Waals surface area contributed by atoms with Crippen molar-refractivity contribution in [1.82, 2.24) is 36.5 Å². The number of nitrogens with zero attached hydrogens (tertiary/aromatic N) is 4. The van der Waals surface area contributed by atoms with Gasteiger partial charge in [0.15, 0.2) is 5.96 Å². The lowest BCUT2D eigenvalue weighted by Gasteiger charge is -2.32. The fourth-order valence-corrected chi connectivity index (χ4v) is 7.70. The Kier molecular flexibility index (Phi) is 20.9. The molecule has 1 aromatic heterocycles. The van der Waals surface area contributed by atoms with E-state index in [1.54, 1.807) is 19.9 Å². The van der Waals surface area contributed by atoms with Crippen molar-refractivity contribution in [3.8, 4) is 0 Å². The molecule has 0 radical (unpaired) electrons. The number of carbonyl (C=O) groups is 8. The van der Waals surface area contributed by atoms with Crippen LogP contribution in [0.3, 0.4) is 0 Å². The van der Waals surface area contributed by atoms with Gasteiger partial charge in [-0.05, 0) is 73.6 Å². The summed E-state index contributed by atoms with van der Waals surface area (Å²) in [6, 6.07) is 9.07. The summed E-state index contributed by atoms with van der Waals surface area (Å²) in [6.45, 7) is 2.83. The first-order valence-electron chi connectivity index (χ1n) is 22.4. The molecule has 2 bridgehead atoms. The monoisotopic (exact) mass is 1010 g/mol. The zero-order chi connectivity index (χ0) is 52.3. The highest BCUT2D eigenvalue weighted by atomic mass is 32.2. The number of carboxylic acids is 1. The van der Waals surface area contributed by atoms with Gasteiger partial charge >= 0.3 is 5.97 Å². The Morgan fingerprint density at radius 2 is 1.68 bits per heavy atom. The number of aliphatic imine (C=N–C) groups is 1. The maximum atomic E-state index is 14.1. The van der Waals surface area contributed by atoms with Crippen LogP contribution in [-0.4, -0.2) is 132 Å². The van der Waals surface area contributed by atoms with Gasteiger partial charge in [-0.25, -0.2) is 4.98 Å². The molecule has 0 fully saturated rings. The zero-order valence-electron chi connectivity index (χ0n) is 39.3. The standard InChI is InChI=1S/C45H59N13O12S/c1-26(2)39-44(67)58(3)33(11-9-17-49-45(46)47)43(66)52-25-37(60)55-32(21-38(61)62)42(65)51-22-27-18-30(41(64)56-39)20-31(19-27)54-36(59)13-5-4-8-16-48-40(63)29-14-15-35(50-23-29)57-53-24-28-10-6-7-12-34(28)71(68,69)70/h6-7,10,12,14-15,18-20,23-24,26,32-33,39H,4-5,8-9,11,13,16-17,21-22,25H2,1-3H3,(H,48,63)(H,50,57)(H,51,65)(H,52,66)(H,54,59)(H,55,60)(H,56,64)(H,61,62)(H4,46,47,49)(H,68,69,70)/b53-24-/t32-,33-,39-/m0/s1. The highest BCUT2D eigenvalue weighted by Crippen LogP contribution is 2.19. The van der Waals surface area contributed by atoms with Gasteiger partial charge in [-0.15, -0.1) is 0 Å². The fourth-order valence-electron chi connectivity index (χ4n) is 7.03. The van der Waals surface area contributed by atoms with Gasteiger partial charge in [0.25, 0.3) is 21.9 Å². The van der Waals surface area contributed by atoms with Crippen LogP contribution in [0.5, 0.6) is 0 Å². The first kappa shape index (κ1) is 55.6. The number of aromatic nitrogens is 1. The van der Waals surface area contributed by atoms with Gasteiger partial charge in [-0.3, -0.25) is 53.3 Å². The third-order valence-electron chi connectivity index (χ3n) is 10.7. The predicted molar refractivity (Wildman–Crippen MR) is 259 cm³/mol. The van der Waals surface area contributed by atoms with E-state index in [1.165, 1.54) is 68.0 Å². The number of aliphatic carboxylic acids is 1. The second-order valence-electron chi connectivity index (χ2n) is 16.6. The summed E-state index contributed by atoms with van der Waals surface area (Å²) in [4.78, 5) is 114. The van der Waals surface area contributed by atoms with Crippen molar-refractivity contribution >= 4 is 81.1 Å². The highest BCUT2D eigenvalue weighted by Gasteiger charge is 2.34. The number of benzene rings is 2. The molecular formula is C45H59N13O12S. The van der Waals surface area contributed by atoms with Crippen molar-refractivity contribution in [1.29, 1.82) is 0 Å². The number of hydrazone groups is 1. The molecule has 25 nitrogen and oxygen atoms in total. The molecule has 2 aromatic carbocycles. The van der Waals surface area contributed by atoms with Crippen molar-refractivity contribution in [3.63, 3.8) is 0 Å². The number of carboxylic acid groups (broad SMARTS) is 1. The van der Waals surface area contributed by atoms with Crippen molar-refractivity contribution in [2.24, 2.45) is 27.5 Å². The van der Waals surface area contributed by atoms with Crippen molar-refractivity contribution in [2.75, 3.05) is 37.4 Å². The van der Waals surface area contributed by atoms with Crippen molar-refractivity contribution in [3.05, 3.63) is 83.0 Å². The van der Waals surface area contributed by atoms with E-state index in [-0.39, 0.29) is 77.9 Å². The van der Waals surface area contributed by atoms with Gasteiger partial charge < -0.3 is 53.4 Å². The van der Waals surface area contributed by atoms with Crippen molar-refractivity contribution in [2.45, 2.75) is 88.4 Å². The second-order valence-corrected chi connectivity index (χ2v) is 18.0. The number of hydrogen-bond donors (Lipinski definition) is 11. The quantitative estimate of drug-likeness (QED) is 0.0248. The molecule has 0 spiro atoms. The molecule has 0 saturated heterocycles. The summed E-state index contributed by atoms with van der Waals surface area (Å²) in [5.41, 5.74) is 14.3. The molecule has 382 valence electrons. The number of nitrogens with two attached hydrogens (primary N) is 2. The Balaban J connectivity index is 1.40. The Hall–Kier alpha value is -8.00. The Bertz CT molecular complexity index is 2600. The van der Waals surface area contributed by atoms with Crippen LogP contribution in [0.1, 0.15) is 90.6 Å². The molecule has 3 atom stereocenters. The van der Waals surface area contributed by atoms with Crippen LogP contribution in [0.2, 0.25) is 0 Å². The molecule has 0 unspecified atom stereocenters. The SMILES string of the molecule is CC(C)[C@@H]1NC(=O)c2cc(cc(NC(=O)CCCCCNC(=O)c3ccc(N/N=C\c4ccccc4S(=O)(=O)O)nc3)c2)CNC(=O)[C@H](CC(=O)O)NC(=O)CNC(=O)[C@H](CCCN=C(N)N)N(C)C1=O. The summed E-state index contributed by atoms with van der Waals surface area (Å²) in [6.07, 6.45) is 3.49. The molecule has 3 aromatic rings. The number of guanidine groups is 1. The van der Waals surface area contributed by atoms with E-state index in [2.05, 4.69) is 52.4 Å². The van der Waals surface area contributed by atoms with Gasteiger partial charge in [0.05, 0.1) is 24.7 Å². The minimum absolute atomic E-state index is 0.0125. The third kappa shape index (κ3) is 18.1. The lowest BCUT2D eigenvalue weighted by atomic mass is 9.99. The van der Waals surface area contributed by atoms with Crippen LogP contribution in [0.15, 0.2) is 75.8 Å². The summed E-state index contributed by atoms with van der Waals surface area (Å²) in [7, 11) is -3.09. The summed E-state index contributed by atoms with van der Waals surface area (Å²) in [5, 5.41) is 29.0. The second kappa shape index (κ2) is 26.7. The van der Waals surface area contributed by atoms with Gasteiger partial charge in [-0.1, -0.05) is 38.5 Å². The van der Waals surface area contributed by atoms with E-state index in [9.17, 15) is 56.4 Å². The van der Waals surface area contributed by atoms with Crippen LogP contribution in [0.4, 0.5) is 11.5 Å². The molecule has 0 saturated carbocycles. The van der Waals surface area contributed by atoms with Crippen LogP contribution >= 0.6 is 0 Å². The number of anilines is 2. The molecule has 71 heavy (non-hydrogen) atoms. The number of pyridine rings is 1. The molecule has 2 heterocycles. The lowest BCUT2D eigenvalue weighted by molar-refractivity contribution is -0.142. The molecule has 26 heteroatoms.